The van der Waals surface area contributed by atoms with Gasteiger partial charge in [-0.15, -0.1) is 0 Å². The maximum absolute atomic E-state index is 12.0. The molecule has 148 valence electrons. The van der Waals surface area contributed by atoms with Gasteiger partial charge in [0.25, 0.3) is 0 Å². The topological polar surface area (TPSA) is 72.8 Å². The summed E-state index contributed by atoms with van der Waals surface area (Å²) in [5, 5.41) is 9.84. The summed E-state index contributed by atoms with van der Waals surface area (Å²) in [7, 11) is 0. The molecule has 1 rings (SSSR count). The quantitative estimate of drug-likeness (QED) is 0.537. The lowest BCUT2D eigenvalue weighted by atomic mass is 9.62. The second kappa shape index (κ2) is 10.4. The predicted octanol–water partition coefficient (Wildman–Crippen LogP) is 5.22. The largest absolute Gasteiger partial charge is 0.508 e. The van der Waals surface area contributed by atoms with Gasteiger partial charge in [-0.1, -0.05) is 57.9 Å². The molecule has 0 radical (unpaired) electrons. The first-order valence-electron chi connectivity index (χ1n) is 9.63. The van der Waals surface area contributed by atoms with Gasteiger partial charge >= 0.3 is 12.1 Å². The lowest BCUT2D eigenvalue weighted by molar-refractivity contribution is -0.145. The van der Waals surface area contributed by atoms with Gasteiger partial charge in [0.1, 0.15) is 6.61 Å². The third-order valence-corrected chi connectivity index (χ3v) is 4.81. The van der Waals surface area contributed by atoms with Crippen LogP contribution in [0.5, 0.6) is 0 Å². The molecule has 0 bridgehead atoms. The molecule has 0 aromatic heterocycles. The van der Waals surface area contributed by atoms with Crippen LogP contribution >= 0.6 is 0 Å². The number of carboxylic acids is 1. The molecule has 2 atom stereocenters. The van der Waals surface area contributed by atoms with Crippen molar-refractivity contribution in [3.8, 4) is 0 Å². The second-order valence-electron chi connectivity index (χ2n) is 7.90. The molecule has 0 heterocycles. The van der Waals surface area contributed by atoms with Crippen molar-refractivity contribution in [3.05, 3.63) is 23.8 Å². The van der Waals surface area contributed by atoms with E-state index in [0.717, 1.165) is 24.8 Å². The van der Waals surface area contributed by atoms with Crippen molar-refractivity contribution in [1.82, 2.24) is 0 Å². The van der Waals surface area contributed by atoms with E-state index in [2.05, 4.69) is 27.7 Å². The highest BCUT2D eigenvalue weighted by Crippen LogP contribution is 2.47. The minimum absolute atomic E-state index is 0.0266. The van der Waals surface area contributed by atoms with E-state index in [1.807, 2.05) is 12.2 Å². The van der Waals surface area contributed by atoms with Crippen LogP contribution in [0.3, 0.4) is 0 Å². The van der Waals surface area contributed by atoms with Crippen LogP contribution in [-0.4, -0.2) is 30.4 Å². The minimum atomic E-state index is -0.885. The van der Waals surface area contributed by atoms with Crippen LogP contribution in [-0.2, 0) is 14.3 Å². The molecule has 0 fully saturated rings. The lowest BCUT2D eigenvalue weighted by Gasteiger charge is -2.42. The van der Waals surface area contributed by atoms with E-state index in [-0.39, 0.29) is 19.1 Å². The predicted molar refractivity (Wildman–Crippen MR) is 102 cm³/mol. The molecule has 1 aliphatic carbocycles. The fraction of sp³-hybridized carbons (Fsp3) is 0.714. The van der Waals surface area contributed by atoms with Crippen LogP contribution in [0.1, 0.15) is 60.3 Å². The number of carboxylic acid groups (broad SMARTS) is 1. The Hall–Kier alpha value is -1.78. The van der Waals surface area contributed by atoms with Gasteiger partial charge in [0.15, 0.2) is 0 Å². The van der Waals surface area contributed by atoms with Gasteiger partial charge in [-0.05, 0) is 38.0 Å². The second-order valence-corrected chi connectivity index (χ2v) is 7.90. The van der Waals surface area contributed by atoms with Crippen molar-refractivity contribution in [1.29, 1.82) is 0 Å². The third-order valence-electron chi connectivity index (χ3n) is 4.81. The van der Waals surface area contributed by atoms with Crippen molar-refractivity contribution < 1.29 is 24.2 Å². The average molecular weight is 366 g/mol. The summed E-state index contributed by atoms with van der Waals surface area (Å²) in [6.45, 7) is 10.5. The standard InChI is InChI=1S/C21H34O5/c1-6-25-20(24)26-14-21(13-16(4)5)17(10-7-9-15(2)3)11-8-12-18(21)19(22)23/h8,11-12,15-16,18H,6-7,9-10,13-14H2,1-5H3,(H,22,23). The zero-order valence-corrected chi connectivity index (χ0v) is 16.8. The summed E-state index contributed by atoms with van der Waals surface area (Å²) >= 11 is 0. The molecule has 0 amide bonds. The van der Waals surface area contributed by atoms with E-state index < -0.39 is 23.5 Å². The summed E-state index contributed by atoms with van der Waals surface area (Å²) in [6.07, 6.45) is 8.33. The van der Waals surface area contributed by atoms with Crippen molar-refractivity contribution >= 4 is 12.1 Å². The van der Waals surface area contributed by atoms with E-state index in [9.17, 15) is 14.7 Å². The summed E-state index contributed by atoms with van der Waals surface area (Å²) in [5.74, 6) is -0.731. The Balaban J connectivity index is 3.14. The summed E-state index contributed by atoms with van der Waals surface area (Å²) in [6, 6.07) is 0. The summed E-state index contributed by atoms with van der Waals surface area (Å²) in [4.78, 5) is 23.8. The first kappa shape index (κ1) is 22.3. The molecule has 1 aliphatic rings. The van der Waals surface area contributed by atoms with E-state index in [4.69, 9.17) is 9.47 Å². The van der Waals surface area contributed by atoms with Crippen molar-refractivity contribution in [3.63, 3.8) is 0 Å². The molecule has 2 unspecified atom stereocenters. The Morgan fingerprint density at radius 1 is 1.19 bits per heavy atom. The van der Waals surface area contributed by atoms with Crippen molar-refractivity contribution in [2.45, 2.75) is 60.3 Å². The maximum atomic E-state index is 12.0. The highest BCUT2D eigenvalue weighted by molar-refractivity contribution is 5.75. The molecular formula is C21H34O5. The Bertz CT molecular complexity index is 533. The monoisotopic (exact) mass is 366 g/mol. The van der Waals surface area contributed by atoms with Crippen molar-refractivity contribution in [2.24, 2.45) is 23.2 Å². The first-order valence-corrected chi connectivity index (χ1v) is 9.63. The molecule has 1 N–H and O–H groups in total. The third kappa shape index (κ3) is 6.19. The number of hydrogen-bond acceptors (Lipinski definition) is 4. The highest BCUT2D eigenvalue weighted by atomic mass is 16.7. The number of allylic oxidation sites excluding steroid dienone is 2. The zero-order valence-electron chi connectivity index (χ0n) is 16.8. The Morgan fingerprint density at radius 2 is 1.88 bits per heavy atom. The normalized spacial score (nSPS) is 22.4. The van der Waals surface area contributed by atoms with E-state index >= 15 is 0 Å². The van der Waals surface area contributed by atoms with E-state index in [0.29, 0.717) is 12.3 Å². The minimum Gasteiger partial charge on any atom is -0.481 e. The molecule has 0 saturated carbocycles. The molecule has 5 nitrogen and oxygen atoms in total. The van der Waals surface area contributed by atoms with Gasteiger partial charge in [-0.2, -0.15) is 0 Å². The lowest BCUT2D eigenvalue weighted by Crippen LogP contribution is -2.43. The molecule has 26 heavy (non-hydrogen) atoms. The van der Waals surface area contributed by atoms with E-state index in [1.165, 1.54) is 0 Å². The number of ether oxygens (including phenoxy) is 2. The van der Waals surface area contributed by atoms with Gasteiger partial charge in [0, 0.05) is 5.41 Å². The maximum Gasteiger partial charge on any atom is 0.508 e. The highest BCUT2D eigenvalue weighted by Gasteiger charge is 2.47. The van der Waals surface area contributed by atoms with Gasteiger partial charge in [0.05, 0.1) is 12.5 Å². The molecule has 0 saturated heterocycles. The molecule has 0 aromatic carbocycles. The van der Waals surface area contributed by atoms with Crippen LogP contribution in [0.25, 0.3) is 0 Å². The Morgan fingerprint density at radius 3 is 2.42 bits per heavy atom. The number of carbonyl (C=O) groups excluding carboxylic acids is 1. The van der Waals surface area contributed by atoms with Gasteiger partial charge in [-0.3, -0.25) is 4.79 Å². The molecule has 0 aromatic rings. The Labute approximate surface area is 157 Å². The van der Waals surface area contributed by atoms with Crippen LogP contribution in [0.4, 0.5) is 4.79 Å². The van der Waals surface area contributed by atoms with Crippen LogP contribution in [0.2, 0.25) is 0 Å². The van der Waals surface area contributed by atoms with E-state index in [1.54, 1.807) is 13.0 Å². The fourth-order valence-electron chi connectivity index (χ4n) is 3.76. The molecular weight excluding hydrogens is 332 g/mol. The number of carbonyl (C=O) groups is 2. The summed E-state index contributed by atoms with van der Waals surface area (Å²) in [5.41, 5.74) is 0.337. The summed E-state index contributed by atoms with van der Waals surface area (Å²) < 4.78 is 10.2. The van der Waals surface area contributed by atoms with Gasteiger partial charge in [0.2, 0.25) is 0 Å². The SMILES string of the molecule is CCOC(=O)OCC1(CC(C)C)C(CCCC(C)C)=CC=CC1C(=O)O. The van der Waals surface area contributed by atoms with Crippen LogP contribution in [0.15, 0.2) is 23.8 Å². The van der Waals surface area contributed by atoms with Gasteiger partial charge < -0.3 is 14.6 Å². The Kier molecular flexibility index (Phi) is 8.89. The number of hydrogen-bond donors (Lipinski definition) is 1. The first-order chi connectivity index (χ1) is 12.2. The zero-order chi connectivity index (χ0) is 19.7. The molecule has 0 aliphatic heterocycles. The smallest absolute Gasteiger partial charge is 0.481 e. The molecule has 0 spiro atoms. The van der Waals surface area contributed by atoms with Crippen molar-refractivity contribution in [2.75, 3.05) is 13.2 Å². The fourth-order valence-corrected chi connectivity index (χ4v) is 3.76. The van der Waals surface area contributed by atoms with Gasteiger partial charge in [-0.25, -0.2) is 4.79 Å². The number of aliphatic carboxylic acids is 1. The van der Waals surface area contributed by atoms with Crippen LogP contribution < -0.4 is 0 Å². The molecule has 5 heteroatoms. The average Bonchev–Trinajstić information content (AvgIpc) is 2.53. The van der Waals surface area contributed by atoms with Crippen LogP contribution in [0, 0.1) is 23.2 Å². The number of rotatable bonds is 10.